The molecular weight excluding hydrogens is 458 g/mol. The summed E-state index contributed by atoms with van der Waals surface area (Å²) in [6.45, 7) is 3.01. The Morgan fingerprint density at radius 1 is 1.08 bits per heavy atom. The van der Waals surface area contributed by atoms with Crippen molar-refractivity contribution in [3.8, 4) is 11.5 Å². The highest BCUT2D eigenvalue weighted by molar-refractivity contribution is 6.22. The van der Waals surface area contributed by atoms with Crippen LogP contribution >= 0.6 is 0 Å². The zero-order valence-corrected chi connectivity index (χ0v) is 20.1. The molecule has 0 aromatic heterocycles. The number of aromatic hydroxyl groups is 1. The van der Waals surface area contributed by atoms with E-state index in [1.165, 1.54) is 17.7 Å². The fourth-order valence-corrected chi connectivity index (χ4v) is 8.31. The van der Waals surface area contributed by atoms with E-state index in [9.17, 15) is 19.8 Å². The van der Waals surface area contributed by atoms with Gasteiger partial charge < -0.3 is 20.7 Å². The number of hydrogen-bond donors (Lipinski definition) is 3. The molecule has 4 fully saturated rings. The molecule has 2 aromatic carbocycles. The second-order valence-electron chi connectivity index (χ2n) is 11.8. The van der Waals surface area contributed by atoms with Gasteiger partial charge in [-0.25, -0.2) is 0 Å². The molecule has 8 nitrogen and oxygen atoms in total. The van der Waals surface area contributed by atoms with Gasteiger partial charge in [-0.15, -0.1) is 0 Å². The van der Waals surface area contributed by atoms with E-state index in [1.54, 1.807) is 24.3 Å². The molecule has 7 atom stereocenters. The van der Waals surface area contributed by atoms with Crippen LogP contribution in [0.2, 0.25) is 0 Å². The van der Waals surface area contributed by atoms with Gasteiger partial charge in [-0.2, -0.15) is 0 Å². The van der Waals surface area contributed by atoms with Crippen molar-refractivity contribution in [2.24, 2.45) is 5.92 Å². The number of carbonyl (C=O) groups excluding carboxylic acids is 2. The summed E-state index contributed by atoms with van der Waals surface area (Å²) < 4.78 is 6.53. The van der Waals surface area contributed by atoms with Gasteiger partial charge in [0.05, 0.1) is 34.2 Å². The fourth-order valence-electron chi connectivity index (χ4n) is 8.31. The van der Waals surface area contributed by atoms with Crippen LogP contribution in [0.3, 0.4) is 0 Å². The Bertz CT molecular complexity index is 1390. The first-order valence-electron chi connectivity index (χ1n) is 13.0. The van der Waals surface area contributed by atoms with Crippen LogP contribution in [0.1, 0.15) is 63.9 Å². The number of aliphatic hydroxyl groups is 1. The first-order chi connectivity index (χ1) is 17.3. The number of fused-ring (bicyclic) bond motifs is 4. The van der Waals surface area contributed by atoms with E-state index < -0.39 is 23.2 Å². The quantitative estimate of drug-likeness (QED) is 0.346. The monoisotopic (exact) mass is 487 g/mol. The third kappa shape index (κ3) is 2.29. The molecular formula is C28H29N3O5. The highest BCUT2D eigenvalue weighted by atomic mass is 16.5. The smallest absolute Gasteiger partial charge is 0.262 e. The molecule has 2 aromatic rings. The van der Waals surface area contributed by atoms with Crippen LogP contribution < -0.4 is 10.5 Å². The van der Waals surface area contributed by atoms with Crippen LogP contribution in [0.15, 0.2) is 30.3 Å². The van der Waals surface area contributed by atoms with E-state index in [1.807, 2.05) is 13.0 Å². The second-order valence-corrected chi connectivity index (χ2v) is 11.8. The van der Waals surface area contributed by atoms with Crippen LogP contribution in [0.4, 0.5) is 5.69 Å². The Balaban J connectivity index is 1.25. The van der Waals surface area contributed by atoms with Crippen molar-refractivity contribution in [3.63, 3.8) is 0 Å². The lowest BCUT2D eigenvalue weighted by atomic mass is 9.57. The number of phenolic OH excluding ortho intramolecular Hbond substituents is 1. The highest BCUT2D eigenvalue weighted by Crippen LogP contribution is 2.70. The normalized spacial score (nSPS) is 39.3. The third-order valence-electron chi connectivity index (χ3n) is 9.98. The van der Waals surface area contributed by atoms with Gasteiger partial charge >= 0.3 is 0 Å². The van der Waals surface area contributed by atoms with E-state index in [0.717, 1.165) is 23.6 Å². The molecule has 3 aliphatic heterocycles. The molecule has 186 valence electrons. The van der Waals surface area contributed by atoms with Gasteiger partial charge in [-0.3, -0.25) is 19.4 Å². The van der Waals surface area contributed by atoms with Crippen molar-refractivity contribution in [2.75, 3.05) is 12.3 Å². The largest absolute Gasteiger partial charge is 0.504 e. The maximum Gasteiger partial charge on any atom is 0.262 e. The summed E-state index contributed by atoms with van der Waals surface area (Å²) in [6.07, 6.45) is 3.48. The minimum absolute atomic E-state index is 0.0334. The number of likely N-dealkylation sites (tertiary alicyclic amines) is 1. The van der Waals surface area contributed by atoms with Gasteiger partial charge in [0.2, 0.25) is 0 Å². The SMILES string of the molecule is Cc1ccc(O)c2c1[C@]13CC4[C@@H](N4CC4CC4)[C@]1(O)CC[C@@H](N1C(=O)c4ccc(N)cc4C1=O)[C@@H]3O2. The number of nitrogens with zero attached hydrogens (tertiary/aromatic N) is 2. The fraction of sp³-hybridized carbons (Fsp3) is 0.500. The second kappa shape index (κ2) is 6.42. The molecule has 0 bridgehead atoms. The Kier molecular flexibility index (Phi) is 3.75. The molecule has 4 N–H and O–H groups in total. The lowest BCUT2D eigenvalue weighted by molar-refractivity contribution is -0.124. The minimum Gasteiger partial charge on any atom is -0.504 e. The Hall–Kier alpha value is -3.10. The lowest BCUT2D eigenvalue weighted by Crippen LogP contribution is -2.68. The average Bonchev–Trinajstić information content (AvgIpc) is 3.71. The van der Waals surface area contributed by atoms with Crippen molar-refractivity contribution >= 4 is 17.5 Å². The van der Waals surface area contributed by atoms with Gasteiger partial charge in [-0.1, -0.05) is 6.07 Å². The van der Waals surface area contributed by atoms with E-state index >= 15 is 0 Å². The number of nitrogens with two attached hydrogens (primary N) is 1. The molecule has 8 heteroatoms. The molecule has 1 saturated heterocycles. The number of benzene rings is 2. The van der Waals surface area contributed by atoms with Crippen LogP contribution in [-0.2, 0) is 5.41 Å². The number of carbonyl (C=O) groups is 2. The van der Waals surface area contributed by atoms with E-state index in [0.29, 0.717) is 41.8 Å². The van der Waals surface area contributed by atoms with Crippen molar-refractivity contribution in [1.29, 1.82) is 0 Å². The van der Waals surface area contributed by atoms with Gasteiger partial charge in [-0.05, 0) is 74.8 Å². The number of imide groups is 1. The first kappa shape index (κ1) is 21.0. The number of amides is 2. The molecule has 3 aliphatic carbocycles. The maximum absolute atomic E-state index is 13.6. The predicted octanol–water partition coefficient (Wildman–Crippen LogP) is 2.34. The molecule has 36 heavy (non-hydrogen) atoms. The molecule has 0 radical (unpaired) electrons. The van der Waals surface area contributed by atoms with Crippen LogP contribution in [0.25, 0.3) is 0 Å². The van der Waals surface area contributed by atoms with Gasteiger partial charge in [0.25, 0.3) is 11.8 Å². The molecule has 1 spiro atoms. The number of nitrogen functional groups attached to an aromatic ring is 1. The first-order valence-corrected chi connectivity index (χ1v) is 13.0. The number of phenols is 1. The Labute approximate surface area is 208 Å². The molecule has 8 rings (SSSR count). The number of ether oxygens (including phenoxy) is 1. The average molecular weight is 488 g/mol. The minimum atomic E-state index is -1.05. The van der Waals surface area contributed by atoms with Gasteiger partial charge in [0, 0.05) is 23.8 Å². The summed E-state index contributed by atoms with van der Waals surface area (Å²) in [5.74, 6) is 0.435. The summed E-state index contributed by atoms with van der Waals surface area (Å²) >= 11 is 0. The van der Waals surface area contributed by atoms with Crippen molar-refractivity contribution in [1.82, 2.24) is 9.80 Å². The van der Waals surface area contributed by atoms with Crippen LogP contribution in [0.5, 0.6) is 11.5 Å². The summed E-state index contributed by atoms with van der Waals surface area (Å²) in [4.78, 5) is 30.9. The topological polar surface area (TPSA) is 116 Å². The summed E-state index contributed by atoms with van der Waals surface area (Å²) in [5.41, 5.74) is 6.97. The summed E-state index contributed by atoms with van der Waals surface area (Å²) in [7, 11) is 0. The summed E-state index contributed by atoms with van der Waals surface area (Å²) in [5, 5.41) is 23.4. The van der Waals surface area contributed by atoms with Gasteiger partial charge in [0.15, 0.2) is 11.5 Å². The third-order valence-corrected chi connectivity index (χ3v) is 9.98. The molecule has 3 heterocycles. The van der Waals surface area contributed by atoms with Gasteiger partial charge in [0.1, 0.15) is 6.10 Å². The van der Waals surface area contributed by atoms with Crippen molar-refractivity contribution in [3.05, 3.63) is 52.6 Å². The van der Waals surface area contributed by atoms with Crippen LogP contribution in [-0.4, -0.2) is 68.2 Å². The zero-order valence-electron chi connectivity index (χ0n) is 20.1. The summed E-state index contributed by atoms with van der Waals surface area (Å²) in [6, 6.07) is 8.03. The predicted molar refractivity (Wildman–Crippen MR) is 130 cm³/mol. The van der Waals surface area contributed by atoms with E-state index in [2.05, 4.69) is 4.90 Å². The number of anilines is 1. The number of hydrogen-bond acceptors (Lipinski definition) is 7. The number of piperidine rings is 1. The number of aryl methyl sites for hydroxylation is 1. The molecule has 2 amide bonds. The maximum atomic E-state index is 13.6. The molecule has 6 aliphatic rings. The van der Waals surface area contributed by atoms with Crippen molar-refractivity contribution in [2.45, 2.75) is 74.3 Å². The molecule has 3 saturated carbocycles. The van der Waals surface area contributed by atoms with Crippen LogP contribution in [0, 0.1) is 12.8 Å². The Morgan fingerprint density at radius 3 is 2.64 bits per heavy atom. The van der Waals surface area contributed by atoms with E-state index in [4.69, 9.17) is 10.5 Å². The standard InChI is InChI=1S/C28H29N3O5/c1-13-2-7-20(32)22-21(13)27-11-19-23(30(19)12-14-3-4-14)28(27,35)9-8-18(24(27)36-22)31-25(33)16-6-5-15(29)10-17(16)26(31)34/h2,5-7,10,14,18-19,23-24,32,35H,3-4,8-9,11-12,29H2,1H3/t18-,19?,23-,24+,27+,28-,30?/m1/s1. The number of rotatable bonds is 3. The highest BCUT2D eigenvalue weighted by Gasteiger charge is 2.81. The lowest BCUT2D eigenvalue weighted by Gasteiger charge is -2.53. The molecule has 2 unspecified atom stereocenters. The zero-order chi connectivity index (χ0) is 24.7. The Morgan fingerprint density at radius 2 is 1.86 bits per heavy atom. The van der Waals surface area contributed by atoms with E-state index in [-0.39, 0.29) is 29.6 Å². The van der Waals surface area contributed by atoms with Crippen molar-refractivity contribution < 1.29 is 24.5 Å².